The average molecular weight is 460 g/mol. The number of benzene rings is 2. The highest BCUT2D eigenvalue weighted by Gasteiger charge is 2.26. The van der Waals surface area contributed by atoms with Gasteiger partial charge in [-0.15, -0.1) is 0 Å². The summed E-state index contributed by atoms with van der Waals surface area (Å²) in [5, 5.41) is 0.287. The van der Waals surface area contributed by atoms with Crippen LogP contribution < -0.4 is 10.5 Å². The Morgan fingerprint density at radius 3 is 2.59 bits per heavy atom. The van der Waals surface area contributed by atoms with Crippen molar-refractivity contribution in [3.63, 3.8) is 0 Å². The van der Waals surface area contributed by atoms with Gasteiger partial charge in [0.1, 0.15) is 11.6 Å². The lowest BCUT2D eigenvalue weighted by atomic mass is 10.1. The van der Waals surface area contributed by atoms with Crippen LogP contribution >= 0.6 is 11.6 Å². The molecule has 3 rings (SSSR count). The minimum atomic E-state index is -0.634. The summed E-state index contributed by atoms with van der Waals surface area (Å²) in [5.41, 5.74) is 7.20. The molecule has 2 aromatic carbocycles. The number of nitrogens with zero attached hydrogens (tertiary/aromatic N) is 2. The Morgan fingerprint density at radius 2 is 1.97 bits per heavy atom. The van der Waals surface area contributed by atoms with Gasteiger partial charge in [-0.25, -0.2) is 4.39 Å². The van der Waals surface area contributed by atoms with Crippen LogP contribution in [0.15, 0.2) is 42.5 Å². The van der Waals surface area contributed by atoms with E-state index in [0.717, 1.165) is 5.56 Å². The molecule has 6 nitrogen and oxygen atoms in total. The average Bonchev–Trinajstić information content (AvgIpc) is 2.75. The van der Waals surface area contributed by atoms with Crippen LogP contribution in [0.1, 0.15) is 35.3 Å². The van der Waals surface area contributed by atoms with Crippen LogP contribution in [0.5, 0.6) is 5.75 Å². The second kappa shape index (κ2) is 10.6. The van der Waals surface area contributed by atoms with E-state index in [0.29, 0.717) is 44.1 Å². The summed E-state index contributed by atoms with van der Waals surface area (Å²) in [6, 6.07) is 9.53. The molecule has 0 spiro atoms. The van der Waals surface area contributed by atoms with E-state index < -0.39 is 5.91 Å². The van der Waals surface area contributed by atoms with E-state index in [1.165, 1.54) is 24.3 Å². The van der Waals surface area contributed by atoms with Crippen molar-refractivity contribution < 1.29 is 18.7 Å². The molecule has 32 heavy (non-hydrogen) atoms. The van der Waals surface area contributed by atoms with Crippen molar-refractivity contribution in [1.29, 1.82) is 0 Å². The number of halogens is 2. The number of hydrogen-bond donors (Lipinski definition) is 1. The van der Waals surface area contributed by atoms with Gasteiger partial charge in [-0.3, -0.25) is 14.5 Å². The smallest absolute Gasteiger partial charge is 0.249 e. The Balaban J connectivity index is 1.67. The Bertz CT molecular complexity index is 1010. The van der Waals surface area contributed by atoms with E-state index in [1.807, 2.05) is 13.8 Å². The van der Waals surface area contributed by atoms with Crippen molar-refractivity contribution in [2.75, 3.05) is 26.2 Å². The van der Waals surface area contributed by atoms with Gasteiger partial charge in [0.05, 0.1) is 11.6 Å². The fraction of sp³-hybridized carbons (Fsp3) is 0.333. The summed E-state index contributed by atoms with van der Waals surface area (Å²) < 4.78 is 18.6. The third-order valence-corrected chi connectivity index (χ3v) is 5.68. The fourth-order valence-corrected chi connectivity index (χ4v) is 4.01. The fourth-order valence-electron chi connectivity index (χ4n) is 3.80. The molecule has 170 valence electrons. The first kappa shape index (κ1) is 23.8. The predicted octanol–water partition coefficient (Wildman–Crippen LogP) is 3.72. The molecule has 0 aromatic heterocycles. The zero-order chi connectivity index (χ0) is 23.3. The maximum Gasteiger partial charge on any atom is 0.249 e. The lowest BCUT2D eigenvalue weighted by Gasteiger charge is -2.39. The Hall–Kier alpha value is -2.90. The molecule has 0 bridgehead atoms. The van der Waals surface area contributed by atoms with Crippen LogP contribution in [-0.4, -0.2) is 53.9 Å². The number of hydrogen-bond acceptors (Lipinski definition) is 4. The molecule has 8 heteroatoms. The zero-order valence-corrected chi connectivity index (χ0v) is 18.9. The van der Waals surface area contributed by atoms with E-state index in [9.17, 15) is 14.0 Å². The first-order chi connectivity index (χ1) is 15.3. The van der Waals surface area contributed by atoms with Gasteiger partial charge in [0.25, 0.3) is 0 Å². The van der Waals surface area contributed by atoms with Crippen molar-refractivity contribution in [3.05, 3.63) is 70.0 Å². The van der Waals surface area contributed by atoms with E-state index in [-0.39, 0.29) is 28.4 Å². The first-order valence-electron chi connectivity index (χ1n) is 10.5. The Morgan fingerprint density at radius 1 is 1.25 bits per heavy atom. The van der Waals surface area contributed by atoms with Crippen molar-refractivity contribution in [3.8, 4) is 5.75 Å². The van der Waals surface area contributed by atoms with Gasteiger partial charge in [-0.1, -0.05) is 23.7 Å². The molecule has 1 unspecified atom stereocenters. The third kappa shape index (κ3) is 5.87. The molecule has 0 saturated carbocycles. The van der Waals surface area contributed by atoms with Gasteiger partial charge in [-0.05, 0) is 55.3 Å². The number of piperazine rings is 1. The number of carbonyl (C=O) groups excluding carboxylic acids is 2. The molecule has 2 N–H and O–H groups in total. The summed E-state index contributed by atoms with van der Waals surface area (Å²) in [5.74, 6) is -0.612. The van der Waals surface area contributed by atoms with Gasteiger partial charge in [0, 0.05) is 43.9 Å². The highest BCUT2D eigenvalue weighted by atomic mass is 35.5. The monoisotopic (exact) mass is 459 g/mol. The molecule has 0 radical (unpaired) electrons. The third-order valence-electron chi connectivity index (χ3n) is 5.39. The van der Waals surface area contributed by atoms with Crippen molar-refractivity contribution in [1.82, 2.24) is 9.80 Å². The van der Waals surface area contributed by atoms with Crippen LogP contribution in [0.25, 0.3) is 6.08 Å². The second-order valence-electron chi connectivity index (χ2n) is 7.74. The molecule has 2 amide bonds. The summed E-state index contributed by atoms with van der Waals surface area (Å²) in [6.45, 7) is 6.93. The standard InChI is InChI=1S/C24H27ClFN3O3/c1-3-32-22-12-18(20(24(27)31)13-21(22)25)6-9-23(30)29-11-10-28(14-16(29)2)15-17-4-7-19(26)8-5-17/h4-9,12-13,16H,3,10-11,14-15H2,1-2H3,(H2,27,31)/b9-6+. The van der Waals surface area contributed by atoms with Crippen molar-refractivity contribution in [2.24, 2.45) is 5.73 Å². The van der Waals surface area contributed by atoms with Gasteiger partial charge in [0.2, 0.25) is 11.8 Å². The van der Waals surface area contributed by atoms with Crippen LogP contribution in [0.2, 0.25) is 5.02 Å². The minimum absolute atomic E-state index is 0.00108. The molecule has 1 heterocycles. The molecule has 1 saturated heterocycles. The highest BCUT2D eigenvalue weighted by molar-refractivity contribution is 6.32. The van der Waals surface area contributed by atoms with Gasteiger partial charge in [0.15, 0.2) is 0 Å². The quantitative estimate of drug-likeness (QED) is 0.640. The summed E-state index contributed by atoms with van der Waals surface area (Å²) in [6.07, 6.45) is 3.01. The molecule has 0 aliphatic carbocycles. The maximum atomic E-state index is 13.1. The number of amides is 2. The number of rotatable bonds is 7. The van der Waals surface area contributed by atoms with Crippen LogP contribution in [-0.2, 0) is 11.3 Å². The summed E-state index contributed by atoms with van der Waals surface area (Å²) in [7, 11) is 0. The number of nitrogens with two attached hydrogens (primary N) is 1. The summed E-state index contributed by atoms with van der Waals surface area (Å²) >= 11 is 6.15. The van der Waals surface area contributed by atoms with Crippen molar-refractivity contribution >= 4 is 29.5 Å². The molecular weight excluding hydrogens is 433 g/mol. The van der Waals surface area contributed by atoms with Gasteiger partial charge < -0.3 is 15.4 Å². The normalized spacial score (nSPS) is 17.0. The van der Waals surface area contributed by atoms with E-state index in [2.05, 4.69) is 4.90 Å². The molecular formula is C24H27ClFN3O3. The van der Waals surface area contributed by atoms with E-state index in [1.54, 1.807) is 29.2 Å². The Labute approximate surface area is 192 Å². The SMILES string of the molecule is CCOc1cc(/C=C/C(=O)N2CCN(Cc3ccc(F)cc3)CC2C)c(C(N)=O)cc1Cl. The number of carbonyl (C=O) groups is 2. The zero-order valence-electron chi connectivity index (χ0n) is 18.2. The lowest BCUT2D eigenvalue weighted by Crippen LogP contribution is -2.53. The first-order valence-corrected chi connectivity index (χ1v) is 10.9. The van der Waals surface area contributed by atoms with E-state index >= 15 is 0 Å². The van der Waals surface area contributed by atoms with Gasteiger partial charge in [-0.2, -0.15) is 0 Å². The molecule has 2 aromatic rings. The Kier molecular flexibility index (Phi) is 7.88. The van der Waals surface area contributed by atoms with Crippen LogP contribution in [0.3, 0.4) is 0 Å². The molecule has 1 fully saturated rings. The summed E-state index contributed by atoms with van der Waals surface area (Å²) in [4.78, 5) is 28.7. The molecule has 1 aliphatic heterocycles. The molecule has 1 atom stereocenters. The molecule has 1 aliphatic rings. The van der Waals surface area contributed by atoms with Crippen molar-refractivity contribution in [2.45, 2.75) is 26.4 Å². The maximum absolute atomic E-state index is 13.1. The minimum Gasteiger partial charge on any atom is -0.492 e. The topological polar surface area (TPSA) is 75.9 Å². The highest BCUT2D eigenvalue weighted by Crippen LogP contribution is 2.29. The largest absolute Gasteiger partial charge is 0.492 e. The van der Waals surface area contributed by atoms with E-state index in [4.69, 9.17) is 22.1 Å². The lowest BCUT2D eigenvalue weighted by molar-refractivity contribution is -0.130. The van der Waals surface area contributed by atoms with Crippen LogP contribution in [0, 0.1) is 5.82 Å². The predicted molar refractivity (Wildman–Crippen MR) is 123 cm³/mol. The van der Waals surface area contributed by atoms with Crippen LogP contribution in [0.4, 0.5) is 4.39 Å². The number of primary amides is 1. The van der Waals surface area contributed by atoms with Gasteiger partial charge >= 0.3 is 0 Å². The second-order valence-corrected chi connectivity index (χ2v) is 8.15. The number of ether oxygens (including phenoxy) is 1.